The highest BCUT2D eigenvalue weighted by atomic mass is 35.5. The quantitative estimate of drug-likeness (QED) is 0.873. The lowest BCUT2D eigenvalue weighted by Crippen LogP contribution is -2.05. The van der Waals surface area contributed by atoms with Crippen molar-refractivity contribution in [1.82, 2.24) is 5.32 Å². The second kappa shape index (κ2) is 6.39. The van der Waals surface area contributed by atoms with Crippen LogP contribution >= 0.6 is 11.6 Å². The molecule has 92 valence electrons. The monoisotopic (exact) mass is 257 g/mol. The maximum atomic E-state index is 5.93. The molecule has 1 nitrogen and oxygen atoms in total. The first-order valence-electron chi connectivity index (χ1n) is 5.97. The Hall–Kier alpha value is -1.57. The second-order valence-corrected chi connectivity index (χ2v) is 4.48. The van der Waals surface area contributed by atoms with Gasteiger partial charge in [0, 0.05) is 11.6 Å². The number of nitrogens with one attached hydrogen (secondary N) is 1. The van der Waals surface area contributed by atoms with Gasteiger partial charge in [0.15, 0.2) is 0 Å². The number of hydrogen-bond acceptors (Lipinski definition) is 1. The Morgan fingerprint density at radius 1 is 1.00 bits per heavy atom. The van der Waals surface area contributed by atoms with E-state index in [0.29, 0.717) is 0 Å². The van der Waals surface area contributed by atoms with Crippen LogP contribution < -0.4 is 5.32 Å². The molecule has 18 heavy (non-hydrogen) atoms. The van der Waals surface area contributed by atoms with Crippen molar-refractivity contribution < 1.29 is 0 Å². The molecule has 0 bridgehead atoms. The van der Waals surface area contributed by atoms with Crippen molar-refractivity contribution in [3.05, 3.63) is 76.8 Å². The zero-order chi connectivity index (χ0) is 12.8. The molecule has 0 aromatic heterocycles. The van der Waals surface area contributed by atoms with Gasteiger partial charge in [0.05, 0.1) is 0 Å². The molecule has 0 aliphatic rings. The molecule has 0 radical (unpaired) electrons. The van der Waals surface area contributed by atoms with Crippen LogP contribution in [0, 0.1) is 0 Å². The number of likely N-dealkylation sites (N-methyl/N-ethyl adjacent to an activating group) is 1. The molecule has 0 aliphatic carbocycles. The van der Waals surface area contributed by atoms with Crippen LogP contribution in [0.1, 0.15) is 11.1 Å². The molecule has 0 saturated carbocycles. The van der Waals surface area contributed by atoms with Crippen molar-refractivity contribution in [3.63, 3.8) is 0 Å². The van der Waals surface area contributed by atoms with Crippen LogP contribution in [0.2, 0.25) is 5.02 Å². The van der Waals surface area contributed by atoms with Gasteiger partial charge in [0.25, 0.3) is 0 Å². The summed E-state index contributed by atoms with van der Waals surface area (Å²) in [4.78, 5) is 0. The van der Waals surface area contributed by atoms with Gasteiger partial charge in [0.2, 0.25) is 0 Å². The van der Waals surface area contributed by atoms with Gasteiger partial charge in [0.1, 0.15) is 0 Å². The van der Waals surface area contributed by atoms with Crippen LogP contribution in [0.3, 0.4) is 0 Å². The maximum absolute atomic E-state index is 5.93. The van der Waals surface area contributed by atoms with Crippen molar-refractivity contribution >= 4 is 17.2 Å². The summed E-state index contributed by atoms with van der Waals surface area (Å²) in [6.45, 7) is 0.840. The molecule has 2 aromatic rings. The van der Waals surface area contributed by atoms with Crippen molar-refractivity contribution in [1.29, 1.82) is 0 Å². The minimum absolute atomic E-state index is 0.764. The Morgan fingerprint density at radius 3 is 2.22 bits per heavy atom. The number of hydrogen-bond donors (Lipinski definition) is 1. The van der Waals surface area contributed by atoms with Crippen molar-refractivity contribution in [2.45, 2.75) is 0 Å². The topological polar surface area (TPSA) is 12.0 Å². The van der Waals surface area contributed by atoms with E-state index in [1.807, 2.05) is 25.2 Å². The Morgan fingerprint density at radius 2 is 1.61 bits per heavy atom. The van der Waals surface area contributed by atoms with Crippen LogP contribution in [-0.4, -0.2) is 13.6 Å². The van der Waals surface area contributed by atoms with E-state index in [1.54, 1.807) is 0 Å². The summed E-state index contributed by atoms with van der Waals surface area (Å²) in [5.74, 6) is 0. The summed E-state index contributed by atoms with van der Waals surface area (Å²) in [7, 11) is 1.95. The largest absolute Gasteiger partial charge is 0.316 e. The van der Waals surface area contributed by atoms with Gasteiger partial charge in [-0.1, -0.05) is 60.1 Å². The fourth-order valence-corrected chi connectivity index (χ4v) is 1.98. The lowest BCUT2D eigenvalue weighted by Gasteiger charge is -2.09. The van der Waals surface area contributed by atoms with E-state index < -0.39 is 0 Å². The minimum Gasteiger partial charge on any atom is -0.316 e. The first kappa shape index (κ1) is 12.9. The van der Waals surface area contributed by atoms with E-state index in [1.165, 1.54) is 16.7 Å². The van der Waals surface area contributed by atoms with Crippen molar-refractivity contribution in [2.24, 2.45) is 0 Å². The van der Waals surface area contributed by atoms with E-state index in [0.717, 1.165) is 11.6 Å². The molecule has 0 amide bonds. The van der Waals surface area contributed by atoms with E-state index >= 15 is 0 Å². The summed E-state index contributed by atoms with van der Waals surface area (Å²) >= 11 is 5.93. The summed E-state index contributed by atoms with van der Waals surface area (Å²) in [5.41, 5.74) is 3.62. The summed E-state index contributed by atoms with van der Waals surface area (Å²) < 4.78 is 0. The van der Waals surface area contributed by atoms with Gasteiger partial charge in [-0.2, -0.15) is 0 Å². The maximum Gasteiger partial charge on any atom is 0.0406 e. The molecule has 1 N–H and O–H groups in total. The SMILES string of the molecule is CNC/C=C(/c1ccccc1)c1ccc(Cl)cc1. The Labute approximate surface area is 113 Å². The number of halogens is 1. The molecule has 2 aromatic carbocycles. The molecular formula is C16H16ClN. The molecule has 0 fully saturated rings. The zero-order valence-corrected chi connectivity index (χ0v) is 11.1. The molecule has 2 heteroatoms. The predicted octanol–water partition coefficient (Wildman–Crippen LogP) is 3.99. The van der Waals surface area contributed by atoms with E-state index in [4.69, 9.17) is 11.6 Å². The first-order valence-corrected chi connectivity index (χ1v) is 6.35. The molecule has 0 spiro atoms. The van der Waals surface area contributed by atoms with E-state index in [-0.39, 0.29) is 0 Å². The van der Waals surface area contributed by atoms with Crippen LogP contribution in [-0.2, 0) is 0 Å². The van der Waals surface area contributed by atoms with Gasteiger partial charge in [-0.25, -0.2) is 0 Å². The van der Waals surface area contributed by atoms with Crippen LogP contribution in [0.4, 0.5) is 0 Å². The Balaban J connectivity index is 2.40. The molecule has 0 atom stereocenters. The highest BCUT2D eigenvalue weighted by Gasteiger charge is 2.03. The van der Waals surface area contributed by atoms with Crippen LogP contribution in [0.5, 0.6) is 0 Å². The summed E-state index contributed by atoms with van der Waals surface area (Å²) in [5, 5.41) is 3.91. The molecule has 0 aliphatic heterocycles. The Bertz CT molecular complexity index is 515. The molecular weight excluding hydrogens is 242 g/mol. The first-order chi connectivity index (χ1) is 8.81. The minimum atomic E-state index is 0.764. The third kappa shape index (κ3) is 3.22. The smallest absolute Gasteiger partial charge is 0.0406 e. The van der Waals surface area contributed by atoms with Crippen molar-refractivity contribution in [3.8, 4) is 0 Å². The highest BCUT2D eigenvalue weighted by molar-refractivity contribution is 6.30. The number of benzene rings is 2. The average Bonchev–Trinajstić information content (AvgIpc) is 2.42. The lowest BCUT2D eigenvalue weighted by atomic mass is 9.97. The standard InChI is InChI=1S/C16H16ClN/c1-18-12-11-16(13-5-3-2-4-6-13)14-7-9-15(17)10-8-14/h2-11,18H,12H2,1H3/b16-11-. The molecule has 2 rings (SSSR count). The fraction of sp³-hybridized carbons (Fsp3) is 0.125. The van der Waals surface area contributed by atoms with Gasteiger partial charge < -0.3 is 5.32 Å². The van der Waals surface area contributed by atoms with Gasteiger partial charge in [-0.05, 0) is 35.9 Å². The third-order valence-electron chi connectivity index (χ3n) is 2.75. The average molecular weight is 258 g/mol. The normalized spacial score (nSPS) is 11.6. The number of rotatable bonds is 4. The fourth-order valence-electron chi connectivity index (χ4n) is 1.85. The van der Waals surface area contributed by atoms with E-state index in [9.17, 15) is 0 Å². The van der Waals surface area contributed by atoms with Crippen LogP contribution in [0.25, 0.3) is 5.57 Å². The van der Waals surface area contributed by atoms with Gasteiger partial charge in [-0.3, -0.25) is 0 Å². The lowest BCUT2D eigenvalue weighted by molar-refractivity contribution is 0.920. The van der Waals surface area contributed by atoms with E-state index in [2.05, 4.69) is 47.8 Å². The molecule has 0 heterocycles. The van der Waals surface area contributed by atoms with Crippen LogP contribution in [0.15, 0.2) is 60.7 Å². The zero-order valence-electron chi connectivity index (χ0n) is 10.4. The predicted molar refractivity (Wildman–Crippen MR) is 78.9 cm³/mol. The van der Waals surface area contributed by atoms with Gasteiger partial charge in [-0.15, -0.1) is 0 Å². The molecule has 0 saturated heterocycles. The second-order valence-electron chi connectivity index (χ2n) is 4.05. The summed E-state index contributed by atoms with van der Waals surface area (Å²) in [6.07, 6.45) is 2.19. The Kier molecular flexibility index (Phi) is 4.57. The van der Waals surface area contributed by atoms with Gasteiger partial charge >= 0.3 is 0 Å². The molecule has 0 unspecified atom stereocenters. The highest BCUT2D eigenvalue weighted by Crippen LogP contribution is 2.24. The third-order valence-corrected chi connectivity index (χ3v) is 3.00. The summed E-state index contributed by atoms with van der Waals surface area (Å²) in [6, 6.07) is 18.3. The van der Waals surface area contributed by atoms with Crippen molar-refractivity contribution in [2.75, 3.05) is 13.6 Å².